The summed E-state index contributed by atoms with van der Waals surface area (Å²) in [6.07, 6.45) is 3.90. The third-order valence-electron chi connectivity index (χ3n) is 2.92. The second kappa shape index (κ2) is 8.57. The van der Waals surface area contributed by atoms with Crippen molar-refractivity contribution in [3.05, 3.63) is 58.9 Å². The first-order valence-electron chi connectivity index (χ1n) is 6.94. The standard InChI is InChI=1S/C8H8FNO2.C8H9NO2/c1-2-7-6(9)3-5(4-10-7)8(11)12;1-2-7-5-6(8(10)11)3-4-9-7/h3-4H,2H2,1H3,(H,11,12);3-5H,2H2,1H3,(H,10,11). The summed E-state index contributed by atoms with van der Waals surface area (Å²) in [5, 5.41) is 17.0. The van der Waals surface area contributed by atoms with Gasteiger partial charge in [-0.1, -0.05) is 13.8 Å². The largest absolute Gasteiger partial charge is 0.478 e. The molecule has 0 spiro atoms. The minimum absolute atomic E-state index is 0.121. The predicted octanol–water partition coefficient (Wildman–Crippen LogP) is 2.82. The second-order valence-electron chi connectivity index (χ2n) is 4.51. The monoisotopic (exact) mass is 320 g/mol. The van der Waals surface area contributed by atoms with Crippen LogP contribution in [0.4, 0.5) is 4.39 Å². The number of carboxylic acid groups (broad SMARTS) is 2. The maximum atomic E-state index is 12.9. The molecule has 122 valence electrons. The van der Waals surface area contributed by atoms with Gasteiger partial charge in [-0.2, -0.15) is 0 Å². The molecule has 0 amide bonds. The topological polar surface area (TPSA) is 100 Å². The highest BCUT2D eigenvalue weighted by Crippen LogP contribution is 2.07. The third kappa shape index (κ3) is 5.46. The van der Waals surface area contributed by atoms with E-state index in [1.54, 1.807) is 13.0 Å². The summed E-state index contributed by atoms with van der Waals surface area (Å²) in [5.41, 5.74) is 1.28. The van der Waals surface area contributed by atoms with Gasteiger partial charge in [0, 0.05) is 18.1 Å². The van der Waals surface area contributed by atoms with E-state index in [1.807, 2.05) is 6.92 Å². The number of pyridine rings is 2. The Morgan fingerprint density at radius 2 is 1.70 bits per heavy atom. The van der Waals surface area contributed by atoms with E-state index in [9.17, 15) is 14.0 Å². The molecule has 2 aromatic heterocycles. The molecule has 2 heterocycles. The Morgan fingerprint density at radius 3 is 2.17 bits per heavy atom. The minimum Gasteiger partial charge on any atom is -0.478 e. The van der Waals surface area contributed by atoms with Crippen LogP contribution < -0.4 is 0 Å². The van der Waals surface area contributed by atoms with E-state index < -0.39 is 17.8 Å². The van der Waals surface area contributed by atoms with Crippen LogP contribution in [0.2, 0.25) is 0 Å². The van der Waals surface area contributed by atoms with E-state index >= 15 is 0 Å². The molecule has 7 heteroatoms. The highest BCUT2D eigenvalue weighted by Gasteiger charge is 2.07. The Bertz CT molecular complexity index is 704. The van der Waals surface area contributed by atoms with Crippen molar-refractivity contribution in [3.63, 3.8) is 0 Å². The average Bonchev–Trinajstić information content (AvgIpc) is 2.55. The summed E-state index contributed by atoms with van der Waals surface area (Å²) in [6, 6.07) is 4.05. The molecule has 2 rings (SSSR count). The van der Waals surface area contributed by atoms with Crippen LogP contribution in [0.3, 0.4) is 0 Å². The number of rotatable bonds is 4. The molecule has 0 aliphatic heterocycles. The average molecular weight is 320 g/mol. The molecule has 0 atom stereocenters. The highest BCUT2D eigenvalue weighted by atomic mass is 19.1. The van der Waals surface area contributed by atoms with Crippen molar-refractivity contribution in [2.24, 2.45) is 0 Å². The second-order valence-corrected chi connectivity index (χ2v) is 4.51. The number of hydrogen-bond acceptors (Lipinski definition) is 4. The Hall–Kier alpha value is -2.83. The van der Waals surface area contributed by atoms with Gasteiger partial charge in [0.2, 0.25) is 0 Å². The van der Waals surface area contributed by atoms with Crippen LogP contribution in [-0.2, 0) is 12.8 Å². The minimum atomic E-state index is -1.16. The van der Waals surface area contributed by atoms with Gasteiger partial charge in [-0.3, -0.25) is 9.97 Å². The van der Waals surface area contributed by atoms with Gasteiger partial charge in [-0.25, -0.2) is 14.0 Å². The lowest BCUT2D eigenvalue weighted by molar-refractivity contribution is 0.0685. The van der Waals surface area contributed by atoms with Gasteiger partial charge < -0.3 is 10.2 Å². The SMILES string of the molecule is CCc1cc(C(=O)O)ccn1.CCc1ncc(C(=O)O)cc1F. The third-order valence-corrected chi connectivity index (χ3v) is 2.92. The van der Waals surface area contributed by atoms with Crippen molar-refractivity contribution in [2.45, 2.75) is 26.7 Å². The van der Waals surface area contributed by atoms with Crippen LogP contribution in [0.25, 0.3) is 0 Å². The molecule has 0 unspecified atom stereocenters. The normalized spacial score (nSPS) is 9.70. The first kappa shape index (κ1) is 18.2. The van der Waals surface area contributed by atoms with Crippen molar-refractivity contribution < 1.29 is 24.2 Å². The maximum absolute atomic E-state index is 12.9. The van der Waals surface area contributed by atoms with Gasteiger partial charge in [0.25, 0.3) is 0 Å². The zero-order chi connectivity index (χ0) is 17.4. The molecule has 0 saturated heterocycles. The van der Waals surface area contributed by atoms with Crippen molar-refractivity contribution in [1.29, 1.82) is 0 Å². The lowest BCUT2D eigenvalue weighted by Gasteiger charge is -1.98. The fourth-order valence-electron chi connectivity index (χ4n) is 1.65. The maximum Gasteiger partial charge on any atom is 0.337 e. The summed E-state index contributed by atoms with van der Waals surface area (Å²) in [5.74, 6) is -2.62. The first-order chi connectivity index (χ1) is 10.9. The summed E-state index contributed by atoms with van der Waals surface area (Å²) in [4.78, 5) is 28.4. The number of carboxylic acids is 2. The molecule has 23 heavy (non-hydrogen) atoms. The first-order valence-corrected chi connectivity index (χ1v) is 6.94. The van der Waals surface area contributed by atoms with Gasteiger partial charge in [0.1, 0.15) is 5.82 Å². The predicted molar refractivity (Wildman–Crippen MR) is 81.1 cm³/mol. The number of carbonyl (C=O) groups is 2. The fraction of sp³-hybridized carbons (Fsp3) is 0.250. The lowest BCUT2D eigenvalue weighted by Crippen LogP contribution is -2.01. The smallest absolute Gasteiger partial charge is 0.337 e. The van der Waals surface area contributed by atoms with E-state index in [0.29, 0.717) is 17.7 Å². The molecule has 0 aliphatic rings. The summed E-state index contributed by atoms with van der Waals surface area (Å²) < 4.78 is 12.9. The van der Waals surface area contributed by atoms with Gasteiger partial charge in [0.05, 0.1) is 16.8 Å². The Morgan fingerprint density at radius 1 is 1.04 bits per heavy atom. The molecule has 2 N–H and O–H groups in total. The molecule has 0 aliphatic carbocycles. The molecule has 0 fully saturated rings. The van der Waals surface area contributed by atoms with Crippen LogP contribution in [0.1, 0.15) is 46.0 Å². The van der Waals surface area contributed by atoms with E-state index in [4.69, 9.17) is 10.2 Å². The number of aromatic nitrogens is 2. The van der Waals surface area contributed by atoms with E-state index in [1.165, 1.54) is 12.3 Å². The van der Waals surface area contributed by atoms with Crippen LogP contribution in [0.5, 0.6) is 0 Å². The Kier molecular flexibility index (Phi) is 6.79. The van der Waals surface area contributed by atoms with Gasteiger partial charge in [-0.05, 0) is 31.0 Å². The molecule has 6 nitrogen and oxygen atoms in total. The number of halogens is 1. The zero-order valence-corrected chi connectivity index (χ0v) is 12.8. The summed E-state index contributed by atoms with van der Waals surface area (Å²) in [6.45, 7) is 3.69. The van der Waals surface area contributed by atoms with Crippen molar-refractivity contribution >= 4 is 11.9 Å². The van der Waals surface area contributed by atoms with Crippen LogP contribution in [-0.4, -0.2) is 32.1 Å². The molecule has 0 radical (unpaired) electrons. The molecule has 0 aromatic carbocycles. The van der Waals surface area contributed by atoms with Gasteiger partial charge in [-0.15, -0.1) is 0 Å². The Labute approximate surface area is 132 Å². The highest BCUT2D eigenvalue weighted by molar-refractivity contribution is 5.87. The summed E-state index contributed by atoms with van der Waals surface area (Å²) >= 11 is 0. The van der Waals surface area contributed by atoms with Gasteiger partial charge >= 0.3 is 11.9 Å². The van der Waals surface area contributed by atoms with Gasteiger partial charge in [0.15, 0.2) is 0 Å². The molecular formula is C16H17FN2O4. The van der Waals surface area contributed by atoms with E-state index in [0.717, 1.165) is 24.4 Å². The van der Waals surface area contributed by atoms with E-state index in [-0.39, 0.29) is 5.56 Å². The molecule has 0 saturated carbocycles. The fourth-order valence-corrected chi connectivity index (χ4v) is 1.65. The molecule has 2 aromatic rings. The van der Waals surface area contributed by atoms with E-state index in [2.05, 4.69) is 9.97 Å². The number of aromatic carboxylic acids is 2. The number of hydrogen-bond donors (Lipinski definition) is 2. The van der Waals surface area contributed by atoms with Crippen LogP contribution in [0.15, 0.2) is 30.6 Å². The summed E-state index contributed by atoms with van der Waals surface area (Å²) in [7, 11) is 0. The molecule has 0 bridgehead atoms. The van der Waals surface area contributed by atoms with Crippen LogP contribution in [0, 0.1) is 5.82 Å². The Balaban J connectivity index is 0.000000231. The molecular weight excluding hydrogens is 303 g/mol. The van der Waals surface area contributed by atoms with Crippen molar-refractivity contribution in [2.75, 3.05) is 0 Å². The quantitative estimate of drug-likeness (QED) is 0.898. The zero-order valence-electron chi connectivity index (χ0n) is 12.8. The van der Waals surface area contributed by atoms with Crippen molar-refractivity contribution in [1.82, 2.24) is 9.97 Å². The van der Waals surface area contributed by atoms with Crippen LogP contribution >= 0.6 is 0 Å². The number of nitrogens with zero attached hydrogens (tertiary/aromatic N) is 2. The number of aryl methyl sites for hydroxylation is 2. The van der Waals surface area contributed by atoms with Crippen molar-refractivity contribution in [3.8, 4) is 0 Å². The lowest BCUT2D eigenvalue weighted by atomic mass is 10.2.